The molecule has 1 aliphatic carbocycles. The van der Waals surface area contributed by atoms with E-state index in [-0.39, 0.29) is 18.1 Å². The molecule has 30 heavy (non-hydrogen) atoms. The second-order valence-electron chi connectivity index (χ2n) is 7.26. The average molecular weight is 412 g/mol. The number of amides is 2. The fraction of sp³-hybridized carbons (Fsp3) is 0.391. The molecule has 0 bridgehead atoms. The largest absolute Gasteiger partial charge is 0.497 e. The van der Waals surface area contributed by atoms with Crippen LogP contribution in [-0.4, -0.2) is 44.7 Å². The number of carbonyl (C=O) groups is 2. The molecule has 1 saturated carbocycles. The number of nitrogens with one attached hydrogen (secondary N) is 3. The normalized spacial score (nSPS) is 18.3. The molecule has 7 heteroatoms. The van der Waals surface area contributed by atoms with Gasteiger partial charge in [-0.3, -0.25) is 0 Å². The van der Waals surface area contributed by atoms with Gasteiger partial charge in [0.15, 0.2) is 0 Å². The molecular weight excluding hydrogens is 382 g/mol. The number of anilines is 1. The number of aldehydes is 1. The van der Waals surface area contributed by atoms with Gasteiger partial charge in [0.2, 0.25) is 0 Å². The SMILES string of the molecule is CCOC1CC1NCC(C=O)c1ccc(NC(=O)NCc2ccc(OC)cc2)cc1. The van der Waals surface area contributed by atoms with E-state index in [0.717, 1.165) is 29.6 Å². The summed E-state index contributed by atoms with van der Waals surface area (Å²) in [5.74, 6) is 0.546. The minimum absolute atomic E-state index is 0.231. The molecule has 1 aliphatic rings. The molecule has 2 amide bonds. The van der Waals surface area contributed by atoms with Gasteiger partial charge >= 0.3 is 6.03 Å². The van der Waals surface area contributed by atoms with Crippen molar-refractivity contribution in [3.63, 3.8) is 0 Å². The van der Waals surface area contributed by atoms with Crippen molar-refractivity contribution >= 4 is 18.0 Å². The van der Waals surface area contributed by atoms with Crippen LogP contribution in [-0.2, 0) is 16.1 Å². The molecule has 0 radical (unpaired) electrons. The fourth-order valence-electron chi connectivity index (χ4n) is 3.22. The van der Waals surface area contributed by atoms with E-state index < -0.39 is 0 Å². The van der Waals surface area contributed by atoms with Crippen molar-refractivity contribution in [1.82, 2.24) is 10.6 Å². The summed E-state index contributed by atoms with van der Waals surface area (Å²) in [6, 6.07) is 14.9. The van der Waals surface area contributed by atoms with Crippen LogP contribution < -0.4 is 20.7 Å². The van der Waals surface area contributed by atoms with E-state index in [1.165, 1.54) is 0 Å². The van der Waals surface area contributed by atoms with Crippen molar-refractivity contribution in [3.05, 3.63) is 59.7 Å². The minimum atomic E-state index is -0.289. The predicted octanol–water partition coefficient (Wildman–Crippen LogP) is 3.07. The Morgan fingerprint density at radius 1 is 1.17 bits per heavy atom. The number of ether oxygens (including phenoxy) is 2. The molecular formula is C23H29N3O4. The highest BCUT2D eigenvalue weighted by Gasteiger charge is 2.37. The van der Waals surface area contributed by atoms with Gasteiger partial charge in [-0.15, -0.1) is 0 Å². The molecule has 3 rings (SSSR count). The van der Waals surface area contributed by atoms with Crippen molar-refractivity contribution in [3.8, 4) is 5.75 Å². The zero-order valence-corrected chi connectivity index (χ0v) is 17.4. The zero-order valence-electron chi connectivity index (χ0n) is 17.4. The quantitative estimate of drug-likeness (QED) is 0.495. The van der Waals surface area contributed by atoms with Crippen LogP contribution in [0.4, 0.5) is 10.5 Å². The van der Waals surface area contributed by atoms with Crippen LogP contribution in [0.2, 0.25) is 0 Å². The molecule has 0 aromatic heterocycles. The Morgan fingerprint density at radius 2 is 1.90 bits per heavy atom. The van der Waals surface area contributed by atoms with Crippen LogP contribution in [0.5, 0.6) is 5.75 Å². The highest BCUT2D eigenvalue weighted by atomic mass is 16.5. The van der Waals surface area contributed by atoms with Gasteiger partial charge in [0.05, 0.1) is 19.1 Å². The van der Waals surface area contributed by atoms with Crippen LogP contribution in [0.1, 0.15) is 30.4 Å². The third-order valence-corrected chi connectivity index (χ3v) is 5.09. The molecule has 2 aromatic carbocycles. The van der Waals surface area contributed by atoms with Crippen molar-refractivity contribution in [2.45, 2.75) is 38.0 Å². The number of methoxy groups -OCH3 is 1. The van der Waals surface area contributed by atoms with Crippen LogP contribution in [0, 0.1) is 0 Å². The Hall–Kier alpha value is -2.90. The Kier molecular flexibility index (Phi) is 7.82. The number of rotatable bonds is 11. The van der Waals surface area contributed by atoms with E-state index in [0.29, 0.717) is 31.4 Å². The van der Waals surface area contributed by atoms with Crippen molar-refractivity contribution < 1.29 is 19.1 Å². The Bertz CT molecular complexity index is 823. The summed E-state index contributed by atoms with van der Waals surface area (Å²) in [5.41, 5.74) is 2.56. The lowest BCUT2D eigenvalue weighted by Gasteiger charge is -2.13. The van der Waals surface area contributed by atoms with Crippen molar-refractivity contribution in [1.29, 1.82) is 0 Å². The van der Waals surface area contributed by atoms with E-state index in [9.17, 15) is 9.59 Å². The molecule has 160 valence electrons. The van der Waals surface area contributed by atoms with Crippen molar-refractivity contribution in [2.75, 3.05) is 25.6 Å². The lowest BCUT2D eigenvalue weighted by molar-refractivity contribution is -0.109. The van der Waals surface area contributed by atoms with Crippen molar-refractivity contribution in [2.24, 2.45) is 0 Å². The first kappa shape index (κ1) is 21.8. The number of carbonyl (C=O) groups excluding carboxylic acids is 2. The highest BCUT2D eigenvalue weighted by molar-refractivity contribution is 5.89. The zero-order chi connectivity index (χ0) is 21.3. The number of hydrogen-bond donors (Lipinski definition) is 3. The second-order valence-corrected chi connectivity index (χ2v) is 7.26. The number of hydrogen-bond acceptors (Lipinski definition) is 5. The third-order valence-electron chi connectivity index (χ3n) is 5.09. The Balaban J connectivity index is 1.44. The van der Waals surface area contributed by atoms with E-state index in [1.54, 1.807) is 19.2 Å². The lowest BCUT2D eigenvalue weighted by Crippen LogP contribution is -2.28. The smallest absolute Gasteiger partial charge is 0.319 e. The predicted molar refractivity (Wildman–Crippen MR) is 116 cm³/mol. The van der Waals surface area contributed by atoms with Gasteiger partial charge < -0.3 is 30.2 Å². The summed E-state index contributed by atoms with van der Waals surface area (Å²) in [5, 5.41) is 9.01. The molecule has 3 atom stereocenters. The first-order valence-electron chi connectivity index (χ1n) is 10.2. The van der Waals surface area contributed by atoms with Crippen LogP contribution in [0.25, 0.3) is 0 Å². The lowest BCUT2D eigenvalue weighted by atomic mass is 10.0. The molecule has 7 nitrogen and oxygen atoms in total. The molecule has 0 saturated heterocycles. The number of benzene rings is 2. The summed E-state index contributed by atoms with van der Waals surface area (Å²) in [4.78, 5) is 23.6. The third kappa shape index (κ3) is 6.30. The maximum Gasteiger partial charge on any atom is 0.319 e. The molecule has 1 fully saturated rings. The van der Waals surface area contributed by atoms with E-state index in [4.69, 9.17) is 9.47 Å². The maximum atomic E-state index is 12.1. The molecule has 2 aromatic rings. The van der Waals surface area contributed by atoms with Gasteiger partial charge in [0.25, 0.3) is 0 Å². The van der Waals surface area contributed by atoms with E-state index in [1.807, 2.05) is 43.3 Å². The van der Waals surface area contributed by atoms with Gasteiger partial charge in [-0.05, 0) is 48.7 Å². The van der Waals surface area contributed by atoms with Gasteiger partial charge in [0, 0.05) is 31.4 Å². The van der Waals surface area contributed by atoms with Crippen LogP contribution in [0.3, 0.4) is 0 Å². The molecule has 3 unspecified atom stereocenters. The first-order chi connectivity index (χ1) is 14.6. The summed E-state index contributed by atoms with van der Waals surface area (Å²) in [6.07, 6.45) is 2.22. The van der Waals surface area contributed by atoms with Crippen LogP contribution in [0.15, 0.2) is 48.5 Å². The second kappa shape index (κ2) is 10.8. The average Bonchev–Trinajstić information content (AvgIpc) is 3.52. The monoisotopic (exact) mass is 411 g/mol. The summed E-state index contributed by atoms with van der Waals surface area (Å²) < 4.78 is 10.7. The summed E-state index contributed by atoms with van der Waals surface area (Å²) in [6.45, 7) is 3.68. The molecule has 0 aliphatic heterocycles. The Morgan fingerprint density at radius 3 is 2.53 bits per heavy atom. The molecule has 3 N–H and O–H groups in total. The summed E-state index contributed by atoms with van der Waals surface area (Å²) >= 11 is 0. The van der Waals surface area contributed by atoms with Gasteiger partial charge in [-0.25, -0.2) is 4.79 Å². The maximum absolute atomic E-state index is 12.1. The first-order valence-corrected chi connectivity index (χ1v) is 10.2. The van der Waals surface area contributed by atoms with Gasteiger partial charge in [-0.1, -0.05) is 24.3 Å². The van der Waals surface area contributed by atoms with E-state index >= 15 is 0 Å². The summed E-state index contributed by atoms with van der Waals surface area (Å²) in [7, 11) is 1.62. The minimum Gasteiger partial charge on any atom is -0.497 e. The number of urea groups is 1. The topological polar surface area (TPSA) is 88.7 Å². The van der Waals surface area contributed by atoms with E-state index in [2.05, 4.69) is 16.0 Å². The fourth-order valence-corrected chi connectivity index (χ4v) is 3.22. The van der Waals surface area contributed by atoms with Crippen LogP contribution >= 0.6 is 0 Å². The Labute approximate surface area is 177 Å². The van der Waals surface area contributed by atoms with Gasteiger partial charge in [0.1, 0.15) is 12.0 Å². The standard InChI is InChI=1S/C23H29N3O4/c1-3-30-22-12-21(22)24-14-18(15-27)17-6-8-19(9-7-17)26-23(28)25-13-16-4-10-20(29-2)11-5-16/h4-11,15,18,21-22,24H,3,12-14H2,1-2H3,(H2,25,26,28). The molecule has 0 heterocycles. The molecule has 0 spiro atoms. The van der Waals surface area contributed by atoms with Gasteiger partial charge in [-0.2, -0.15) is 0 Å². The highest BCUT2D eigenvalue weighted by Crippen LogP contribution is 2.26.